The van der Waals surface area contributed by atoms with Crippen molar-refractivity contribution in [3.8, 4) is 0 Å². The van der Waals surface area contributed by atoms with Gasteiger partial charge in [-0.2, -0.15) is 0 Å². The molecule has 1 fully saturated rings. The molecule has 1 saturated heterocycles. The predicted octanol–water partition coefficient (Wildman–Crippen LogP) is 5.12. The molecule has 0 atom stereocenters. The number of hydrogen-bond donors (Lipinski definition) is 4. The number of nitrogens with zero attached hydrogens (tertiary/aromatic N) is 1. The molecule has 1 heterocycles. The number of amides is 4. The second-order valence-corrected chi connectivity index (χ2v) is 8.16. The van der Waals surface area contributed by atoms with Crippen LogP contribution in [-0.2, 0) is 6.54 Å². The summed E-state index contributed by atoms with van der Waals surface area (Å²) in [5.74, 6) is 0. The molecule has 1 aliphatic rings. The standard InChI is InChI=1S/C26H29N5O2/c32-25(27-21-10-5-2-6-11-21)29-23-12-7-13-24(18-23)30-26(33)28-22-14-16-31(17-15-22)19-20-8-3-1-4-9-20/h1-13,18,22H,14-17,19H2,(H2,27,29,32)(H2,28,30,33). The fraction of sp³-hybridized carbons (Fsp3) is 0.231. The molecule has 33 heavy (non-hydrogen) atoms. The summed E-state index contributed by atoms with van der Waals surface area (Å²) in [6.07, 6.45) is 1.84. The first-order chi connectivity index (χ1) is 16.1. The van der Waals surface area contributed by atoms with Crippen LogP contribution >= 0.6 is 0 Å². The average Bonchev–Trinajstić information content (AvgIpc) is 2.82. The zero-order chi connectivity index (χ0) is 22.9. The average molecular weight is 444 g/mol. The van der Waals surface area contributed by atoms with Crippen molar-refractivity contribution in [1.82, 2.24) is 10.2 Å². The van der Waals surface area contributed by atoms with Crippen LogP contribution < -0.4 is 21.3 Å². The third-order valence-electron chi connectivity index (χ3n) is 5.58. The highest BCUT2D eigenvalue weighted by Gasteiger charge is 2.20. The molecule has 0 aromatic heterocycles. The summed E-state index contributed by atoms with van der Waals surface area (Å²) in [6, 6.07) is 26.3. The highest BCUT2D eigenvalue weighted by molar-refractivity contribution is 6.00. The van der Waals surface area contributed by atoms with Crippen molar-refractivity contribution in [2.45, 2.75) is 25.4 Å². The lowest BCUT2D eigenvalue weighted by atomic mass is 10.0. The van der Waals surface area contributed by atoms with Crippen LogP contribution in [0.4, 0.5) is 26.7 Å². The molecule has 0 radical (unpaired) electrons. The maximum absolute atomic E-state index is 12.5. The Balaban J connectivity index is 1.21. The lowest BCUT2D eigenvalue weighted by molar-refractivity contribution is 0.190. The van der Waals surface area contributed by atoms with Gasteiger partial charge >= 0.3 is 12.1 Å². The smallest absolute Gasteiger partial charge is 0.323 e. The quantitative estimate of drug-likeness (QED) is 0.427. The normalized spacial score (nSPS) is 14.3. The van der Waals surface area contributed by atoms with Crippen molar-refractivity contribution in [3.05, 3.63) is 90.5 Å². The Hall–Kier alpha value is -3.84. The van der Waals surface area contributed by atoms with Crippen LogP contribution in [0.1, 0.15) is 18.4 Å². The molecule has 3 aromatic rings. The Kier molecular flexibility index (Phi) is 7.56. The van der Waals surface area contributed by atoms with Crippen LogP contribution in [0.25, 0.3) is 0 Å². The molecule has 0 unspecified atom stereocenters. The van der Waals surface area contributed by atoms with E-state index in [-0.39, 0.29) is 18.1 Å². The van der Waals surface area contributed by atoms with Crippen LogP contribution in [-0.4, -0.2) is 36.1 Å². The van der Waals surface area contributed by atoms with Gasteiger partial charge in [-0.1, -0.05) is 54.6 Å². The van der Waals surface area contributed by atoms with Gasteiger partial charge in [0.25, 0.3) is 0 Å². The van der Waals surface area contributed by atoms with Crippen LogP contribution in [0.5, 0.6) is 0 Å². The van der Waals surface area contributed by atoms with Crippen molar-refractivity contribution in [2.24, 2.45) is 0 Å². The van der Waals surface area contributed by atoms with Gasteiger partial charge in [-0.25, -0.2) is 9.59 Å². The number of nitrogens with one attached hydrogen (secondary N) is 4. The van der Waals surface area contributed by atoms with E-state index in [1.807, 2.05) is 36.4 Å². The summed E-state index contributed by atoms with van der Waals surface area (Å²) >= 11 is 0. The molecule has 0 spiro atoms. The van der Waals surface area contributed by atoms with Crippen LogP contribution in [0.2, 0.25) is 0 Å². The van der Waals surface area contributed by atoms with Gasteiger partial charge in [0.2, 0.25) is 0 Å². The molecule has 4 rings (SSSR count). The number of carbonyl (C=O) groups is 2. The Morgan fingerprint density at radius 3 is 1.91 bits per heavy atom. The van der Waals surface area contributed by atoms with E-state index >= 15 is 0 Å². The van der Waals surface area contributed by atoms with Crippen molar-refractivity contribution >= 4 is 29.1 Å². The second kappa shape index (κ2) is 11.2. The van der Waals surface area contributed by atoms with E-state index in [1.54, 1.807) is 24.3 Å². The third-order valence-corrected chi connectivity index (χ3v) is 5.58. The van der Waals surface area contributed by atoms with Gasteiger partial charge in [-0.3, -0.25) is 4.90 Å². The van der Waals surface area contributed by atoms with Crippen molar-refractivity contribution in [2.75, 3.05) is 29.0 Å². The molecule has 7 nitrogen and oxygen atoms in total. The molecule has 4 N–H and O–H groups in total. The lowest BCUT2D eigenvalue weighted by Gasteiger charge is -2.32. The maximum Gasteiger partial charge on any atom is 0.323 e. The number of para-hydroxylation sites is 1. The van der Waals surface area contributed by atoms with Gasteiger partial charge in [0.05, 0.1) is 0 Å². The highest BCUT2D eigenvalue weighted by Crippen LogP contribution is 2.17. The summed E-state index contributed by atoms with van der Waals surface area (Å²) in [6.45, 7) is 2.85. The SMILES string of the molecule is O=C(Nc1ccccc1)Nc1cccc(NC(=O)NC2CCN(Cc3ccccc3)CC2)c1. The third kappa shape index (κ3) is 7.08. The van der Waals surface area contributed by atoms with Crippen LogP contribution in [0.15, 0.2) is 84.9 Å². The number of anilines is 3. The fourth-order valence-corrected chi connectivity index (χ4v) is 3.92. The molecular formula is C26H29N5O2. The molecule has 7 heteroatoms. The van der Waals surface area contributed by atoms with Gasteiger partial charge in [0, 0.05) is 42.7 Å². The van der Waals surface area contributed by atoms with Crippen molar-refractivity contribution in [3.63, 3.8) is 0 Å². The predicted molar refractivity (Wildman–Crippen MR) is 132 cm³/mol. The zero-order valence-corrected chi connectivity index (χ0v) is 18.5. The van der Waals surface area contributed by atoms with Crippen molar-refractivity contribution in [1.29, 1.82) is 0 Å². The first-order valence-electron chi connectivity index (χ1n) is 11.2. The molecule has 170 valence electrons. The van der Waals surface area contributed by atoms with E-state index in [9.17, 15) is 9.59 Å². The van der Waals surface area contributed by atoms with Crippen LogP contribution in [0, 0.1) is 0 Å². The van der Waals surface area contributed by atoms with Gasteiger partial charge in [-0.05, 0) is 48.7 Å². The number of carbonyl (C=O) groups excluding carboxylic acids is 2. The molecule has 0 aliphatic carbocycles. The van der Waals surface area contributed by atoms with Crippen LogP contribution in [0.3, 0.4) is 0 Å². The minimum atomic E-state index is -0.343. The molecule has 1 aliphatic heterocycles. The Morgan fingerprint density at radius 2 is 1.24 bits per heavy atom. The van der Waals surface area contributed by atoms with Gasteiger partial charge in [0.1, 0.15) is 0 Å². The summed E-state index contributed by atoms with van der Waals surface area (Å²) < 4.78 is 0. The summed E-state index contributed by atoms with van der Waals surface area (Å²) in [7, 11) is 0. The number of urea groups is 2. The zero-order valence-electron chi connectivity index (χ0n) is 18.5. The van der Waals surface area contributed by atoms with Gasteiger partial charge in [-0.15, -0.1) is 0 Å². The maximum atomic E-state index is 12.5. The Labute approximate surface area is 194 Å². The van der Waals surface area contributed by atoms with E-state index in [4.69, 9.17) is 0 Å². The van der Waals surface area contributed by atoms with E-state index in [0.29, 0.717) is 17.1 Å². The highest BCUT2D eigenvalue weighted by atomic mass is 16.2. The Bertz CT molecular complexity index is 1050. The molecular weight excluding hydrogens is 414 g/mol. The first-order valence-corrected chi connectivity index (χ1v) is 11.2. The van der Waals surface area contributed by atoms with Crippen molar-refractivity contribution < 1.29 is 9.59 Å². The molecule has 3 aromatic carbocycles. The second-order valence-electron chi connectivity index (χ2n) is 8.16. The largest absolute Gasteiger partial charge is 0.335 e. The fourth-order valence-electron chi connectivity index (χ4n) is 3.92. The molecule has 0 saturated carbocycles. The Morgan fingerprint density at radius 1 is 0.697 bits per heavy atom. The number of rotatable bonds is 6. The van der Waals surface area contributed by atoms with Gasteiger partial charge in [0.15, 0.2) is 0 Å². The summed E-state index contributed by atoms with van der Waals surface area (Å²) in [5, 5.41) is 11.5. The number of likely N-dealkylation sites (tertiary alicyclic amines) is 1. The lowest BCUT2D eigenvalue weighted by Crippen LogP contribution is -2.45. The summed E-state index contributed by atoms with van der Waals surface area (Å²) in [4.78, 5) is 27.1. The van der Waals surface area contributed by atoms with E-state index in [1.165, 1.54) is 5.56 Å². The van der Waals surface area contributed by atoms with E-state index < -0.39 is 0 Å². The summed E-state index contributed by atoms with van der Waals surface area (Å²) in [5.41, 5.74) is 3.23. The van der Waals surface area contributed by atoms with E-state index in [2.05, 4.69) is 50.4 Å². The topological polar surface area (TPSA) is 85.5 Å². The molecule has 4 amide bonds. The number of hydrogen-bond acceptors (Lipinski definition) is 3. The number of piperidine rings is 1. The number of benzene rings is 3. The monoisotopic (exact) mass is 443 g/mol. The van der Waals surface area contributed by atoms with Gasteiger partial charge < -0.3 is 21.3 Å². The minimum absolute atomic E-state index is 0.148. The van der Waals surface area contributed by atoms with E-state index in [0.717, 1.165) is 32.5 Å². The minimum Gasteiger partial charge on any atom is -0.335 e. The molecule has 0 bridgehead atoms. The first kappa shape index (κ1) is 22.4.